The number of hydrogen-bond acceptors (Lipinski definition) is 3. The van der Waals surface area contributed by atoms with E-state index in [1.54, 1.807) is 11.8 Å². The number of nitrogens with one attached hydrogen (secondary N) is 2. The van der Waals surface area contributed by atoms with E-state index in [0.29, 0.717) is 26.1 Å². The number of fused-ring (bicyclic) bond motifs is 1. The van der Waals surface area contributed by atoms with Crippen LogP contribution in [0, 0.1) is 0 Å². The monoisotopic (exact) mass is 358 g/mol. The quantitative estimate of drug-likeness (QED) is 0.683. The highest BCUT2D eigenvalue weighted by atomic mass is 16.2. The van der Waals surface area contributed by atoms with Gasteiger partial charge in [0.25, 0.3) is 0 Å². The number of aromatic nitrogens is 1. The van der Waals surface area contributed by atoms with Gasteiger partial charge in [0.05, 0.1) is 0 Å². The number of carbonyl (C=O) groups is 2. The molecule has 0 saturated carbocycles. The number of benzene rings is 1. The van der Waals surface area contributed by atoms with E-state index in [2.05, 4.69) is 21.3 Å². The SMILES string of the molecule is CC(=O)N(CCCN(C)C)CCC(=O)NCCc1c[nH]c2ccccc12. The van der Waals surface area contributed by atoms with Crippen LogP contribution in [0.3, 0.4) is 0 Å². The van der Waals surface area contributed by atoms with Crippen LogP contribution >= 0.6 is 0 Å². The first-order chi connectivity index (χ1) is 12.5. The van der Waals surface area contributed by atoms with Crippen LogP contribution in [-0.4, -0.2) is 66.9 Å². The van der Waals surface area contributed by atoms with Crippen molar-refractivity contribution in [1.82, 2.24) is 20.1 Å². The van der Waals surface area contributed by atoms with Crippen molar-refractivity contribution in [3.8, 4) is 0 Å². The second-order valence-corrected chi connectivity index (χ2v) is 6.87. The fourth-order valence-electron chi connectivity index (χ4n) is 3.00. The molecule has 6 nitrogen and oxygen atoms in total. The Kier molecular flexibility index (Phi) is 7.66. The van der Waals surface area contributed by atoms with Gasteiger partial charge in [-0.2, -0.15) is 0 Å². The third kappa shape index (κ3) is 6.19. The van der Waals surface area contributed by atoms with Gasteiger partial charge in [0, 0.05) is 50.1 Å². The number of H-pyrrole nitrogens is 1. The van der Waals surface area contributed by atoms with Gasteiger partial charge in [0.15, 0.2) is 0 Å². The highest BCUT2D eigenvalue weighted by molar-refractivity contribution is 5.83. The summed E-state index contributed by atoms with van der Waals surface area (Å²) in [6, 6.07) is 8.15. The molecule has 1 aromatic carbocycles. The van der Waals surface area contributed by atoms with Crippen molar-refractivity contribution < 1.29 is 9.59 Å². The third-order valence-corrected chi connectivity index (χ3v) is 4.48. The number of para-hydroxylation sites is 1. The lowest BCUT2D eigenvalue weighted by Crippen LogP contribution is -2.35. The Morgan fingerprint density at radius 1 is 1.12 bits per heavy atom. The molecule has 2 N–H and O–H groups in total. The number of rotatable bonds is 10. The lowest BCUT2D eigenvalue weighted by atomic mass is 10.1. The zero-order chi connectivity index (χ0) is 18.9. The summed E-state index contributed by atoms with van der Waals surface area (Å²) in [5, 5.41) is 4.15. The number of amides is 2. The van der Waals surface area contributed by atoms with Crippen LogP contribution in [0.25, 0.3) is 10.9 Å². The first kappa shape index (κ1) is 20.0. The normalized spacial score (nSPS) is 11.1. The molecule has 0 bridgehead atoms. The van der Waals surface area contributed by atoms with E-state index in [-0.39, 0.29) is 11.8 Å². The summed E-state index contributed by atoms with van der Waals surface area (Å²) in [4.78, 5) is 30.9. The molecule has 0 aliphatic carbocycles. The van der Waals surface area contributed by atoms with E-state index in [4.69, 9.17) is 0 Å². The van der Waals surface area contributed by atoms with Crippen LogP contribution < -0.4 is 5.32 Å². The van der Waals surface area contributed by atoms with Crippen molar-refractivity contribution >= 4 is 22.7 Å². The molecule has 142 valence electrons. The Morgan fingerprint density at radius 3 is 2.62 bits per heavy atom. The summed E-state index contributed by atoms with van der Waals surface area (Å²) in [6.45, 7) is 4.25. The predicted octanol–water partition coefficient (Wildman–Crippen LogP) is 2.02. The lowest BCUT2D eigenvalue weighted by Gasteiger charge is -2.21. The fourth-order valence-corrected chi connectivity index (χ4v) is 3.00. The van der Waals surface area contributed by atoms with Crippen LogP contribution in [0.15, 0.2) is 30.5 Å². The Morgan fingerprint density at radius 2 is 1.88 bits per heavy atom. The Bertz CT molecular complexity index is 723. The second-order valence-electron chi connectivity index (χ2n) is 6.87. The predicted molar refractivity (Wildman–Crippen MR) is 105 cm³/mol. The maximum atomic E-state index is 12.1. The average Bonchev–Trinajstić information content (AvgIpc) is 3.00. The second kappa shape index (κ2) is 9.97. The molecular weight excluding hydrogens is 328 g/mol. The van der Waals surface area contributed by atoms with Crippen LogP contribution in [0.4, 0.5) is 0 Å². The molecule has 1 aromatic heterocycles. The molecule has 2 aromatic rings. The highest BCUT2D eigenvalue weighted by Gasteiger charge is 2.11. The molecule has 0 aliphatic heterocycles. The molecule has 0 spiro atoms. The summed E-state index contributed by atoms with van der Waals surface area (Å²) in [5.41, 5.74) is 2.32. The minimum absolute atomic E-state index is 0.0105. The van der Waals surface area contributed by atoms with Gasteiger partial charge >= 0.3 is 0 Å². The zero-order valence-electron chi connectivity index (χ0n) is 16.0. The molecule has 0 unspecified atom stereocenters. The zero-order valence-corrected chi connectivity index (χ0v) is 16.0. The number of aromatic amines is 1. The Labute approximate surface area is 155 Å². The van der Waals surface area contributed by atoms with Crippen molar-refractivity contribution in [2.75, 3.05) is 40.3 Å². The summed E-state index contributed by atoms with van der Waals surface area (Å²) < 4.78 is 0. The number of carbonyl (C=O) groups excluding carboxylic acids is 2. The maximum absolute atomic E-state index is 12.1. The van der Waals surface area contributed by atoms with Gasteiger partial charge in [0.1, 0.15) is 0 Å². The molecule has 0 radical (unpaired) electrons. The molecule has 26 heavy (non-hydrogen) atoms. The van der Waals surface area contributed by atoms with Crippen molar-refractivity contribution in [2.24, 2.45) is 0 Å². The van der Waals surface area contributed by atoms with Crippen LogP contribution in [-0.2, 0) is 16.0 Å². The maximum Gasteiger partial charge on any atom is 0.221 e. The van der Waals surface area contributed by atoms with Gasteiger partial charge in [-0.1, -0.05) is 18.2 Å². The topological polar surface area (TPSA) is 68.4 Å². The Balaban J connectivity index is 1.71. The smallest absolute Gasteiger partial charge is 0.221 e. The van der Waals surface area contributed by atoms with Crippen LogP contribution in [0.2, 0.25) is 0 Å². The first-order valence-corrected chi connectivity index (χ1v) is 9.19. The van der Waals surface area contributed by atoms with Crippen molar-refractivity contribution in [3.05, 3.63) is 36.0 Å². The highest BCUT2D eigenvalue weighted by Crippen LogP contribution is 2.17. The van der Waals surface area contributed by atoms with Crippen LogP contribution in [0.1, 0.15) is 25.3 Å². The van der Waals surface area contributed by atoms with E-state index in [1.165, 1.54) is 10.9 Å². The molecule has 6 heteroatoms. The van der Waals surface area contributed by atoms with Gasteiger partial charge in [0.2, 0.25) is 11.8 Å². The first-order valence-electron chi connectivity index (χ1n) is 9.19. The number of nitrogens with zero attached hydrogens (tertiary/aromatic N) is 2. The van der Waals surface area contributed by atoms with E-state index < -0.39 is 0 Å². The van der Waals surface area contributed by atoms with E-state index in [1.807, 2.05) is 38.5 Å². The third-order valence-electron chi connectivity index (χ3n) is 4.48. The molecule has 2 rings (SSSR count). The van der Waals surface area contributed by atoms with Gasteiger partial charge in [-0.3, -0.25) is 9.59 Å². The molecule has 0 saturated heterocycles. The van der Waals surface area contributed by atoms with E-state index in [0.717, 1.165) is 24.9 Å². The van der Waals surface area contributed by atoms with Crippen molar-refractivity contribution in [2.45, 2.75) is 26.2 Å². The molecule has 0 fully saturated rings. The minimum atomic E-state index is -0.0105. The number of hydrogen-bond donors (Lipinski definition) is 2. The van der Waals surface area contributed by atoms with Gasteiger partial charge < -0.3 is 20.1 Å². The Hall–Kier alpha value is -2.34. The van der Waals surface area contributed by atoms with E-state index in [9.17, 15) is 9.59 Å². The summed E-state index contributed by atoms with van der Waals surface area (Å²) >= 11 is 0. The average molecular weight is 358 g/mol. The molecule has 0 atom stereocenters. The fraction of sp³-hybridized carbons (Fsp3) is 0.500. The van der Waals surface area contributed by atoms with Crippen LogP contribution in [0.5, 0.6) is 0 Å². The van der Waals surface area contributed by atoms with E-state index >= 15 is 0 Å². The summed E-state index contributed by atoms with van der Waals surface area (Å²) in [7, 11) is 4.03. The van der Waals surface area contributed by atoms with Gasteiger partial charge in [-0.15, -0.1) is 0 Å². The molecule has 2 amide bonds. The summed E-state index contributed by atoms with van der Waals surface area (Å²) in [6.07, 6.45) is 4.04. The molecule has 0 aliphatic rings. The lowest BCUT2D eigenvalue weighted by molar-refractivity contribution is -0.129. The molecular formula is C20H30N4O2. The van der Waals surface area contributed by atoms with Crippen molar-refractivity contribution in [1.29, 1.82) is 0 Å². The molecule has 1 heterocycles. The van der Waals surface area contributed by atoms with Gasteiger partial charge in [-0.25, -0.2) is 0 Å². The largest absolute Gasteiger partial charge is 0.361 e. The minimum Gasteiger partial charge on any atom is -0.361 e. The summed E-state index contributed by atoms with van der Waals surface area (Å²) in [5.74, 6) is 0.0130. The van der Waals surface area contributed by atoms with Crippen molar-refractivity contribution in [3.63, 3.8) is 0 Å². The van der Waals surface area contributed by atoms with Gasteiger partial charge in [-0.05, 0) is 45.1 Å². The standard InChI is InChI=1S/C20H30N4O2/c1-16(25)24(13-6-12-23(2)3)14-10-20(26)21-11-9-17-15-22-19-8-5-4-7-18(17)19/h4-5,7-8,15,22H,6,9-14H2,1-3H3,(H,21,26).